The van der Waals surface area contributed by atoms with E-state index in [1.165, 1.54) is 6.42 Å². The van der Waals surface area contributed by atoms with Gasteiger partial charge in [0.25, 0.3) is 0 Å². The number of carbonyl (C=O) groups is 1. The topological polar surface area (TPSA) is 60.8 Å². The molecular formula is C22H35NO3. The molecular weight excluding hydrogens is 326 g/mol. The molecule has 146 valence electrons. The Morgan fingerprint density at radius 1 is 1.04 bits per heavy atom. The zero-order chi connectivity index (χ0) is 19.7. The lowest BCUT2D eigenvalue weighted by atomic mass is 9.77. The number of phenolic OH excluding ortho intramolecular Hbond substituents is 1. The summed E-state index contributed by atoms with van der Waals surface area (Å²) in [5.74, 6) is -0.555. The van der Waals surface area contributed by atoms with Crippen molar-refractivity contribution >= 4 is 5.97 Å². The largest absolute Gasteiger partial charge is 0.507 e. The van der Waals surface area contributed by atoms with Gasteiger partial charge in [-0.15, -0.1) is 0 Å². The number of carboxylic acids is 1. The SMILES string of the molecule is CC(C)(C)c1cc(C(CC(=O)O)N2CCCCC2)c(O)c(C(C)(C)C)c1. The predicted molar refractivity (Wildman–Crippen MR) is 106 cm³/mol. The Morgan fingerprint density at radius 2 is 1.62 bits per heavy atom. The van der Waals surface area contributed by atoms with Gasteiger partial charge in [-0.2, -0.15) is 0 Å². The third kappa shape index (κ3) is 4.79. The van der Waals surface area contributed by atoms with Gasteiger partial charge in [0, 0.05) is 11.6 Å². The van der Waals surface area contributed by atoms with E-state index in [1.807, 2.05) is 6.07 Å². The molecule has 0 aliphatic carbocycles. The van der Waals surface area contributed by atoms with E-state index in [-0.39, 0.29) is 29.0 Å². The summed E-state index contributed by atoms with van der Waals surface area (Å²) in [5, 5.41) is 20.6. The fourth-order valence-electron chi connectivity index (χ4n) is 3.75. The Kier molecular flexibility index (Phi) is 6.06. The minimum Gasteiger partial charge on any atom is -0.507 e. The summed E-state index contributed by atoms with van der Waals surface area (Å²) in [6.07, 6.45) is 3.38. The Morgan fingerprint density at radius 3 is 2.08 bits per heavy atom. The van der Waals surface area contributed by atoms with E-state index in [9.17, 15) is 15.0 Å². The number of piperidine rings is 1. The van der Waals surface area contributed by atoms with Crippen LogP contribution in [0.2, 0.25) is 0 Å². The second-order valence-electron chi connectivity index (χ2n) is 9.67. The molecule has 1 atom stereocenters. The van der Waals surface area contributed by atoms with Gasteiger partial charge >= 0.3 is 5.97 Å². The van der Waals surface area contributed by atoms with Gasteiger partial charge in [0.2, 0.25) is 0 Å². The summed E-state index contributed by atoms with van der Waals surface area (Å²) in [4.78, 5) is 13.8. The minimum absolute atomic E-state index is 0.0186. The first-order valence-corrected chi connectivity index (χ1v) is 9.75. The molecule has 0 radical (unpaired) electrons. The fourth-order valence-corrected chi connectivity index (χ4v) is 3.75. The number of hydrogen-bond donors (Lipinski definition) is 2. The van der Waals surface area contributed by atoms with Gasteiger partial charge in [0.1, 0.15) is 5.75 Å². The normalized spacial score (nSPS) is 17.9. The zero-order valence-electron chi connectivity index (χ0n) is 17.2. The van der Waals surface area contributed by atoms with Crippen LogP contribution >= 0.6 is 0 Å². The Labute approximate surface area is 158 Å². The highest BCUT2D eigenvalue weighted by Gasteiger charge is 2.31. The van der Waals surface area contributed by atoms with Crippen LogP contribution in [0.3, 0.4) is 0 Å². The first kappa shape index (κ1) is 20.8. The summed E-state index contributed by atoms with van der Waals surface area (Å²) in [7, 11) is 0. The molecule has 1 unspecified atom stereocenters. The smallest absolute Gasteiger partial charge is 0.305 e. The molecule has 1 heterocycles. The van der Waals surface area contributed by atoms with Crippen molar-refractivity contribution in [1.82, 2.24) is 4.90 Å². The number of likely N-dealkylation sites (tertiary alicyclic amines) is 1. The second kappa shape index (κ2) is 7.59. The van der Waals surface area contributed by atoms with Gasteiger partial charge in [0.05, 0.1) is 6.42 Å². The molecule has 1 aliphatic rings. The van der Waals surface area contributed by atoms with E-state index < -0.39 is 5.97 Å². The molecule has 1 aromatic rings. The summed E-state index contributed by atoms with van der Waals surface area (Å²) >= 11 is 0. The monoisotopic (exact) mass is 361 g/mol. The zero-order valence-corrected chi connectivity index (χ0v) is 17.2. The summed E-state index contributed by atoms with van der Waals surface area (Å²) in [6, 6.07) is 3.84. The Hall–Kier alpha value is -1.55. The first-order valence-electron chi connectivity index (χ1n) is 9.75. The van der Waals surface area contributed by atoms with Crippen LogP contribution in [-0.4, -0.2) is 34.2 Å². The van der Waals surface area contributed by atoms with Gasteiger partial charge in [-0.05, 0) is 54.0 Å². The number of phenols is 1. The highest BCUT2D eigenvalue weighted by Crippen LogP contribution is 2.42. The van der Waals surface area contributed by atoms with Crippen LogP contribution < -0.4 is 0 Å². The van der Waals surface area contributed by atoms with Crippen LogP contribution in [0.1, 0.15) is 90.0 Å². The van der Waals surface area contributed by atoms with Crippen molar-refractivity contribution < 1.29 is 15.0 Å². The maximum atomic E-state index is 11.6. The average molecular weight is 362 g/mol. The van der Waals surface area contributed by atoms with Crippen LogP contribution in [0.5, 0.6) is 5.75 Å². The minimum atomic E-state index is -0.821. The van der Waals surface area contributed by atoms with Gasteiger partial charge in [-0.1, -0.05) is 54.0 Å². The van der Waals surface area contributed by atoms with Crippen LogP contribution in [-0.2, 0) is 15.6 Å². The number of benzene rings is 1. The lowest BCUT2D eigenvalue weighted by Gasteiger charge is -2.36. The number of nitrogens with zero attached hydrogens (tertiary/aromatic N) is 1. The summed E-state index contributed by atoms with van der Waals surface area (Å²) < 4.78 is 0. The van der Waals surface area contributed by atoms with Crippen molar-refractivity contribution in [3.05, 3.63) is 28.8 Å². The maximum absolute atomic E-state index is 11.6. The van der Waals surface area contributed by atoms with E-state index >= 15 is 0 Å². The van der Waals surface area contributed by atoms with Crippen molar-refractivity contribution in [2.45, 2.75) is 84.1 Å². The van der Waals surface area contributed by atoms with Crippen LogP contribution in [0.15, 0.2) is 12.1 Å². The third-order valence-corrected chi connectivity index (χ3v) is 5.37. The van der Waals surface area contributed by atoms with Crippen LogP contribution in [0.25, 0.3) is 0 Å². The van der Waals surface area contributed by atoms with E-state index in [0.29, 0.717) is 0 Å². The fraction of sp³-hybridized carbons (Fsp3) is 0.682. The molecule has 26 heavy (non-hydrogen) atoms. The van der Waals surface area contributed by atoms with E-state index in [0.717, 1.165) is 42.6 Å². The highest BCUT2D eigenvalue weighted by molar-refractivity contribution is 5.68. The molecule has 4 nitrogen and oxygen atoms in total. The molecule has 2 N–H and O–H groups in total. The molecule has 1 aromatic carbocycles. The number of rotatable bonds is 4. The van der Waals surface area contributed by atoms with Crippen molar-refractivity contribution in [2.75, 3.05) is 13.1 Å². The van der Waals surface area contributed by atoms with E-state index in [2.05, 4.69) is 52.5 Å². The third-order valence-electron chi connectivity index (χ3n) is 5.37. The molecule has 0 bridgehead atoms. The molecule has 2 rings (SSSR count). The van der Waals surface area contributed by atoms with E-state index in [1.54, 1.807) is 0 Å². The van der Waals surface area contributed by atoms with Gasteiger partial charge < -0.3 is 10.2 Å². The molecule has 1 saturated heterocycles. The Balaban J connectivity index is 2.63. The highest BCUT2D eigenvalue weighted by atomic mass is 16.4. The van der Waals surface area contributed by atoms with Crippen LogP contribution in [0.4, 0.5) is 0 Å². The summed E-state index contributed by atoms with van der Waals surface area (Å²) in [5.41, 5.74) is 2.52. The average Bonchev–Trinajstić information content (AvgIpc) is 2.51. The molecule has 1 fully saturated rings. The molecule has 0 amide bonds. The number of carboxylic acid groups (broad SMARTS) is 1. The predicted octanol–water partition coefficient (Wildman–Crippen LogP) is 4.99. The van der Waals surface area contributed by atoms with Crippen molar-refractivity contribution in [1.29, 1.82) is 0 Å². The number of aliphatic carboxylic acids is 1. The van der Waals surface area contributed by atoms with Crippen molar-refractivity contribution in [3.8, 4) is 5.75 Å². The Bertz CT molecular complexity index is 647. The maximum Gasteiger partial charge on any atom is 0.305 e. The molecule has 0 spiro atoms. The molecule has 0 saturated carbocycles. The quantitative estimate of drug-likeness (QED) is 0.793. The van der Waals surface area contributed by atoms with Gasteiger partial charge in [-0.25, -0.2) is 0 Å². The van der Waals surface area contributed by atoms with Crippen molar-refractivity contribution in [2.24, 2.45) is 0 Å². The number of hydrogen-bond acceptors (Lipinski definition) is 3. The second-order valence-corrected chi connectivity index (χ2v) is 9.67. The van der Waals surface area contributed by atoms with Gasteiger partial charge in [0.15, 0.2) is 0 Å². The molecule has 4 heteroatoms. The lowest BCUT2D eigenvalue weighted by Crippen LogP contribution is -2.35. The summed E-state index contributed by atoms with van der Waals surface area (Å²) in [6.45, 7) is 14.5. The lowest BCUT2D eigenvalue weighted by molar-refractivity contribution is -0.138. The van der Waals surface area contributed by atoms with E-state index in [4.69, 9.17) is 0 Å². The first-order chi connectivity index (χ1) is 11.9. The van der Waals surface area contributed by atoms with Gasteiger partial charge in [-0.3, -0.25) is 9.69 Å². The van der Waals surface area contributed by atoms with Crippen molar-refractivity contribution in [3.63, 3.8) is 0 Å². The number of aromatic hydroxyl groups is 1. The standard InChI is InChI=1S/C22H35NO3/c1-21(2,3)15-12-16(20(26)17(13-15)22(4,5)6)18(14-19(24)25)23-10-8-7-9-11-23/h12-13,18,26H,7-11,14H2,1-6H3,(H,24,25). The molecule has 0 aromatic heterocycles. The van der Waals surface area contributed by atoms with Crippen LogP contribution in [0, 0.1) is 0 Å². The molecule has 1 aliphatic heterocycles.